The molecule has 3 saturated heterocycles. The van der Waals surface area contributed by atoms with Crippen LogP contribution < -0.4 is 5.32 Å². The fourth-order valence-corrected chi connectivity index (χ4v) is 4.64. The van der Waals surface area contributed by atoms with E-state index in [0.29, 0.717) is 12.2 Å². The normalized spacial score (nSPS) is 36.7. The number of rotatable bonds is 2. The fourth-order valence-electron chi connectivity index (χ4n) is 3.40. The summed E-state index contributed by atoms with van der Waals surface area (Å²) in [4.78, 5) is 0. The molecule has 2 atom stereocenters. The molecule has 1 N–H and O–H groups in total. The van der Waals surface area contributed by atoms with E-state index in [1.807, 2.05) is 0 Å². The fraction of sp³-hybridized carbons (Fsp3) is 1.00. The SMILES string of the molecule is C1CNC[C@@H](OC2CCOC3(CCSCC3)C2)C1. The predicted molar refractivity (Wildman–Crippen MR) is 75.2 cm³/mol. The molecular formula is C14H25NO2S. The molecule has 0 aromatic carbocycles. The molecule has 1 spiro atoms. The van der Waals surface area contributed by atoms with Gasteiger partial charge in [0.2, 0.25) is 0 Å². The molecule has 0 aliphatic carbocycles. The van der Waals surface area contributed by atoms with Crippen LogP contribution in [0.25, 0.3) is 0 Å². The first-order chi connectivity index (χ1) is 8.86. The van der Waals surface area contributed by atoms with Crippen molar-refractivity contribution >= 4 is 11.8 Å². The van der Waals surface area contributed by atoms with Crippen LogP contribution in [-0.4, -0.2) is 49.0 Å². The van der Waals surface area contributed by atoms with Crippen molar-refractivity contribution in [3.63, 3.8) is 0 Å². The van der Waals surface area contributed by atoms with Crippen molar-refractivity contribution in [1.29, 1.82) is 0 Å². The van der Waals surface area contributed by atoms with Gasteiger partial charge in [-0.15, -0.1) is 0 Å². The summed E-state index contributed by atoms with van der Waals surface area (Å²) in [6, 6.07) is 0. The Kier molecular flexibility index (Phi) is 4.50. The first kappa shape index (κ1) is 13.2. The Balaban J connectivity index is 1.52. The molecule has 4 heteroatoms. The van der Waals surface area contributed by atoms with Crippen LogP contribution in [-0.2, 0) is 9.47 Å². The Morgan fingerprint density at radius 1 is 1.17 bits per heavy atom. The summed E-state index contributed by atoms with van der Waals surface area (Å²) < 4.78 is 12.4. The van der Waals surface area contributed by atoms with Crippen LogP contribution in [0.1, 0.15) is 38.5 Å². The van der Waals surface area contributed by atoms with Crippen LogP contribution in [0, 0.1) is 0 Å². The van der Waals surface area contributed by atoms with Crippen molar-refractivity contribution < 1.29 is 9.47 Å². The van der Waals surface area contributed by atoms with Gasteiger partial charge in [-0.2, -0.15) is 11.8 Å². The van der Waals surface area contributed by atoms with Gasteiger partial charge in [-0.25, -0.2) is 0 Å². The minimum Gasteiger partial charge on any atom is -0.375 e. The van der Waals surface area contributed by atoms with Gasteiger partial charge < -0.3 is 14.8 Å². The Labute approximate surface area is 114 Å². The zero-order valence-electron chi connectivity index (χ0n) is 11.2. The van der Waals surface area contributed by atoms with Crippen molar-refractivity contribution in [2.45, 2.75) is 56.3 Å². The zero-order valence-corrected chi connectivity index (χ0v) is 12.0. The summed E-state index contributed by atoms with van der Waals surface area (Å²) >= 11 is 2.07. The van der Waals surface area contributed by atoms with Gasteiger partial charge in [0.15, 0.2) is 0 Å². The lowest BCUT2D eigenvalue weighted by Gasteiger charge is -2.44. The number of thioether (sulfide) groups is 1. The average molecular weight is 271 g/mol. The molecule has 3 fully saturated rings. The highest BCUT2D eigenvalue weighted by Gasteiger charge is 2.39. The molecule has 3 rings (SSSR count). The van der Waals surface area contributed by atoms with Crippen LogP contribution in [0.5, 0.6) is 0 Å². The summed E-state index contributed by atoms with van der Waals surface area (Å²) in [6.45, 7) is 3.10. The number of piperidine rings is 1. The van der Waals surface area contributed by atoms with Gasteiger partial charge in [0, 0.05) is 19.6 Å². The third-order valence-electron chi connectivity index (χ3n) is 4.49. The number of hydrogen-bond donors (Lipinski definition) is 1. The average Bonchev–Trinajstić information content (AvgIpc) is 2.41. The van der Waals surface area contributed by atoms with Gasteiger partial charge >= 0.3 is 0 Å². The van der Waals surface area contributed by atoms with Crippen LogP contribution >= 0.6 is 11.8 Å². The highest BCUT2D eigenvalue weighted by atomic mass is 32.2. The molecule has 18 heavy (non-hydrogen) atoms. The Hall–Kier alpha value is 0.230. The van der Waals surface area contributed by atoms with E-state index in [4.69, 9.17) is 9.47 Å². The number of hydrogen-bond acceptors (Lipinski definition) is 4. The van der Waals surface area contributed by atoms with Crippen LogP contribution in [0.2, 0.25) is 0 Å². The van der Waals surface area contributed by atoms with Gasteiger partial charge in [0.25, 0.3) is 0 Å². The maximum atomic E-state index is 6.31. The lowest BCUT2D eigenvalue weighted by molar-refractivity contribution is -0.152. The molecule has 0 radical (unpaired) electrons. The van der Waals surface area contributed by atoms with Gasteiger partial charge in [-0.3, -0.25) is 0 Å². The zero-order chi connectivity index (χ0) is 12.3. The van der Waals surface area contributed by atoms with E-state index in [9.17, 15) is 0 Å². The molecule has 3 heterocycles. The van der Waals surface area contributed by atoms with E-state index in [2.05, 4.69) is 17.1 Å². The van der Waals surface area contributed by atoms with Crippen molar-refractivity contribution in [1.82, 2.24) is 5.32 Å². The molecule has 3 nitrogen and oxygen atoms in total. The van der Waals surface area contributed by atoms with Gasteiger partial charge in [0.1, 0.15) is 0 Å². The Morgan fingerprint density at radius 3 is 2.83 bits per heavy atom. The largest absolute Gasteiger partial charge is 0.375 e. The maximum absolute atomic E-state index is 6.31. The molecule has 0 aromatic heterocycles. The van der Waals surface area contributed by atoms with E-state index in [0.717, 1.165) is 32.5 Å². The second-order valence-electron chi connectivity index (χ2n) is 5.86. The summed E-state index contributed by atoms with van der Waals surface area (Å²) in [5, 5.41) is 3.44. The topological polar surface area (TPSA) is 30.5 Å². The maximum Gasteiger partial charge on any atom is 0.0723 e. The second kappa shape index (κ2) is 6.12. The number of ether oxygens (including phenoxy) is 2. The Morgan fingerprint density at radius 2 is 2.06 bits per heavy atom. The van der Waals surface area contributed by atoms with Crippen LogP contribution in [0.4, 0.5) is 0 Å². The summed E-state index contributed by atoms with van der Waals surface area (Å²) in [5.74, 6) is 2.52. The van der Waals surface area contributed by atoms with E-state index in [1.54, 1.807) is 0 Å². The molecular weight excluding hydrogens is 246 g/mol. The predicted octanol–water partition coefficient (Wildman–Crippen LogP) is 2.20. The molecule has 0 aromatic rings. The quantitative estimate of drug-likeness (QED) is 0.834. The van der Waals surface area contributed by atoms with Crippen LogP contribution in [0.15, 0.2) is 0 Å². The van der Waals surface area contributed by atoms with Crippen molar-refractivity contribution in [2.75, 3.05) is 31.2 Å². The highest BCUT2D eigenvalue weighted by molar-refractivity contribution is 7.99. The van der Waals surface area contributed by atoms with Crippen molar-refractivity contribution in [3.8, 4) is 0 Å². The molecule has 0 bridgehead atoms. The Bertz CT molecular complexity index is 257. The van der Waals surface area contributed by atoms with E-state index in [1.165, 1.54) is 37.2 Å². The summed E-state index contributed by atoms with van der Waals surface area (Å²) in [6.07, 6.45) is 8.03. The number of nitrogens with one attached hydrogen (secondary N) is 1. The van der Waals surface area contributed by atoms with E-state index >= 15 is 0 Å². The molecule has 1 unspecified atom stereocenters. The van der Waals surface area contributed by atoms with E-state index in [-0.39, 0.29) is 5.60 Å². The standard InChI is InChI=1S/C14H25NO2S/c1-2-13(11-15-6-1)17-12-3-7-16-14(10-12)4-8-18-9-5-14/h12-13,15H,1-11H2/t12?,13-/m0/s1. The monoisotopic (exact) mass is 271 g/mol. The first-order valence-electron chi connectivity index (χ1n) is 7.44. The third kappa shape index (κ3) is 3.21. The van der Waals surface area contributed by atoms with Crippen molar-refractivity contribution in [2.24, 2.45) is 0 Å². The smallest absolute Gasteiger partial charge is 0.0723 e. The molecule has 3 aliphatic heterocycles. The minimum absolute atomic E-state index is 0.163. The third-order valence-corrected chi connectivity index (χ3v) is 5.47. The second-order valence-corrected chi connectivity index (χ2v) is 7.09. The lowest BCUT2D eigenvalue weighted by Crippen LogP contribution is -2.47. The highest BCUT2D eigenvalue weighted by Crippen LogP contribution is 2.38. The summed E-state index contributed by atoms with van der Waals surface area (Å²) in [5.41, 5.74) is 0.163. The molecule has 0 amide bonds. The van der Waals surface area contributed by atoms with E-state index < -0.39 is 0 Å². The van der Waals surface area contributed by atoms with Crippen LogP contribution in [0.3, 0.4) is 0 Å². The first-order valence-corrected chi connectivity index (χ1v) is 8.60. The van der Waals surface area contributed by atoms with Gasteiger partial charge in [0.05, 0.1) is 17.8 Å². The van der Waals surface area contributed by atoms with Gasteiger partial charge in [-0.05, 0) is 50.2 Å². The summed E-state index contributed by atoms with van der Waals surface area (Å²) in [7, 11) is 0. The molecule has 104 valence electrons. The van der Waals surface area contributed by atoms with Gasteiger partial charge in [-0.1, -0.05) is 0 Å². The molecule has 3 aliphatic rings. The molecule has 0 saturated carbocycles. The lowest BCUT2D eigenvalue weighted by atomic mass is 9.86. The minimum atomic E-state index is 0.163. The van der Waals surface area contributed by atoms with Crippen molar-refractivity contribution in [3.05, 3.63) is 0 Å².